The van der Waals surface area contributed by atoms with Crippen molar-refractivity contribution in [2.75, 3.05) is 13.1 Å². The molecule has 0 radical (unpaired) electrons. The molecule has 1 saturated heterocycles. The van der Waals surface area contributed by atoms with Crippen molar-refractivity contribution >= 4 is 5.91 Å². The fourth-order valence-corrected chi connectivity index (χ4v) is 2.46. The van der Waals surface area contributed by atoms with Crippen LogP contribution in [0.25, 0.3) is 0 Å². The normalized spacial score (nSPS) is 17.9. The Labute approximate surface area is 116 Å². The predicted octanol–water partition coefficient (Wildman–Crippen LogP) is 1.24. The summed E-state index contributed by atoms with van der Waals surface area (Å²) >= 11 is 0. The van der Waals surface area contributed by atoms with Crippen LogP contribution >= 0.6 is 0 Å². The van der Waals surface area contributed by atoms with Crippen LogP contribution in [-0.2, 0) is 0 Å². The summed E-state index contributed by atoms with van der Waals surface area (Å²) in [7, 11) is 0. The average molecular weight is 267 g/mol. The molecule has 0 bridgehead atoms. The number of carbonyl (C=O) groups is 1. The summed E-state index contributed by atoms with van der Waals surface area (Å²) in [5.74, 6) is -0.0373. The van der Waals surface area contributed by atoms with Gasteiger partial charge in [-0.3, -0.25) is 4.79 Å². The van der Waals surface area contributed by atoms with Gasteiger partial charge in [0, 0.05) is 24.8 Å². The van der Waals surface area contributed by atoms with Crippen LogP contribution in [0.4, 0.5) is 0 Å². The van der Waals surface area contributed by atoms with Gasteiger partial charge in [-0.2, -0.15) is 5.26 Å². The molecule has 1 aromatic carbocycles. The Morgan fingerprint density at radius 2 is 2.35 bits per heavy atom. The molecule has 0 aliphatic carbocycles. The van der Waals surface area contributed by atoms with Crippen molar-refractivity contribution in [3.63, 3.8) is 0 Å². The van der Waals surface area contributed by atoms with Gasteiger partial charge in [-0.15, -0.1) is 5.10 Å². The molecule has 2 aromatic rings. The van der Waals surface area contributed by atoms with Crippen LogP contribution in [0.1, 0.15) is 28.4 Å². The van der Waals surface area contributed by atoms with Crippen LogP contribution < -0.4 is 0 Å². The monoisotopic (exact) mass is 267 g/mol. The van der Waals surface area contributed by atoms with Crippen LogP contribution in [0, 0.1) is 11.3 Å². The smallest absolute Gasteiger partial charge is 0.253 e. The van der Waals surface area contributed by atoms with E-state index in [1.54, 1.807) is 40.0 Å². The first-order valence-electron chi connectivity index (χ1n) is 6.43. The summed E-state index contributed by atoms with van der Waals surface area (Å²) in [5, 5.41) is 16.7. The predicted molar refractivity (Wildman–Crippen MR) is 70.7 cm³/mol. The first-order valence-corrected chi connectivity index (χ1v) is 6.43. The van der Waals surface area contributed by atoms with Crippen molar-refractivity contribution in [3.05, 3.63) is 47.8 Å². The highest BCUT2D eigenvalue weighted by Crippen LogP contribution is 2.22. The number of nitrogens with zero attached hydrogens (tertiary/aromatic N) is 5. The Morgan fingerprint density at radius 3 is 3.10 bits per heavy atom. The number of hydrogen-bond donors (Lipinski definition) is 0. The highest BCUT2D eigenvalue weighted by atomic mass is 16.2. The van der Waals surface area contributed by atoms with Crippen LogP contribution in [-0.4, -0.2) is 38.9 Å². The topological polar surface area (TPSA) is 74.8 Å². The van der Waals surface area contributed by atoms with E-state index in [0.717, 1.165) is 6.42 Å². The van der Waals surface area contributed by atoms with Gasteiger partial charge in [0.15, 0.2) is 0 Å². The second-order valence-corrected chi connectivity index (χ2v) is 4.77. The first kappa shape index (κ1) is 12.4. The van der Waals surface area contributed by atoms with Crippen molar-refractivity contribution in [2.45, 2.75) is 12.5 Å². The SMILES string of the molecule is N#Cc1cccc(C(=O)N2CC[C@@H](n3ccnn3)C2)c1. The molecule has 100 valence electrons. The van der Waals surface area contributed by atoms with Crippen LogP contribution in [0.2, 0.25) is 0 Å². The summed E-state index contributed by atoms with van der Waals surface area (Å²) in [6.45, 7) is 1.32. The lowest BCUT2D eigenvalue weighted by molar-refractivity contribution is 0.0787. The third-order valence-corrected chi connectivity index (χ3v) is 3.50. The minimum atomic E-state index is -0.0373. The lowest BCUT2D eigenvalue weighted by Gasteiger charge is -2.16. The van der Waals surface area contributed by atoms with Gasteiger partial charge in [-0.25, -0.2) is 4.68 Å². The second kappa shape index (κ2) is 5.13. The average Bonchev–Trinajstić information content (AvgIpc) is 3.17. The number of hydrogen-bond acceptors (Lipinski definition) is 4. The number of amides is 1. The minimum Gasteiger partial charge on any atom is -0.336 e. The molecule has 6 nitrogen and oxygen atoms in total. The minimum absolute atomic E-state index is 0.0373. The van der Waals surface area contributed by atoms with Crippen LogP contribution in [0.5, 0.6) is 0 Å². The third kappa shape index (κ3) is 2.26. The van der Waals surface area contributed by atoms with Gasteiger partial charge >= 0.3 is 0 Å². The maximum Gasteiger partial charge on any atom is 0.253 e. The molecule has 1 aliphatic heterocycles. The Bertz CT molecular complexity index is 658. The molecule has 1 aliphatic rings. The summed E-state index contributed by atoms with van der Waals surface area (Å²) in [6.07, 6.45) is 4.32. The number of benzene rings is 1. The van der Waals surface area contributed by atoms with Crippen molar-refractivity contribution in [2.24, 2.45) is 0 Å². The van der Waals surface area contributed by atoms with Gasteiger partial charge in [-0.05, 0) is 24.6 Å². The summed E-state index contributed by atoms with van der Waals surface area (Å²) in [5.41, 5.74) is 1.06. The molecule has 1 aromatic heterocycles. The zero-order chi connectivity index (χ0) is 13.9. The van der Waals surface area contributed by atoms with Gasteiger partial charge in [0.25, 0.3) is 5.91 Å². The van der Waals surface area contributed by atoms with E-state index in [4.69, 9.17) is 5.26 Å². The number of rotatable bonds is 2. The maximum absolute atomic E-state index is 12.4. The number of likely N-dealkylation sites (tertiary alicyclic amines) is 1. The molecular weight excluding hydrogens is 254 g/mol. The highest BCUT2D eigenvalue weighted by molar-refractivity contribution is 5.94. The zero-order valence-corrected chi connectivity index (χ0v) is 10.8. The van der Waals surface area contributed by atoms with Gasteiger partial charge in [0.05, 0.1) is 23.9 Å². The molecule has 0 saturated carbocycles. The Balaban J connectivity index is 1.74. The Morgan fingerprint density at radius 1 is 1.45 bits per heavy atom. The van der Waals surface area contributed by atoms with E-state index < -0.39 is 0 Å². The van der Waals surface area contributed by atoms with E-state index >= 15 is 0 Å². The number of nitriles is 1. The van der Waals surface area contributed by atoms with E-state index in [0.29, 0.717) is 24.2 Å². The van der Waals surface area contributed by atoms with Gasteiger partial charge in [0.2, 0.25) is 0 Å². The summed E-state index contributed by atoms with van der Waals surface area (Å²) < 4.78 is 1.79. The number of aromatic nitrogens is 3. The van der Waals surface area contributed by atoms with Crippen molar-refractivity contribution in [1.29, 1.82) is 5.26 Å². The van der Waals surface area contributed by atoms with Gasteiger partial charge in [-0.1, -0.05) is 11.3 Å². The Kier molecular flexibility index (Phi) is 3.17. The standard InChI is InChI=1S/C14H13N5O/c15-9-11-2-1-3-12(8-11)14(20)18-6-4-13(10-18)19-7-5-16-17-19/h1-3,5,7-8,13H,4,6,10H2/t13-/m1/s1. The molecule has 2 heterocycles. The molecule has 6 heteroatoms. The molecule has 1 fully saturated rings. The van der Waals surface area contributed by atoms with E-state index in [2.05, 4.69) is 16.4 Å². The molecule has 3 rings (SSSR count). The summed E-state index contributed by atoms with van der Waals surface area (Å²) in [6, 6.07) is 9.03. The Hall–Kier alpha value is -2.68. The van der Waals surface area contributed by atoms with E-state index in [1.165, 1.54) is 0 Å². The third-order valence-electron chi connectivity index (χ3n) is 3.50. The van der Waals surface area contributed by atoms with Crippen LogP contribution in [0.15, 0.2) is 36.7 Å². The lowest BCUT2D eigenvalue weighted by Crippen LogP contribution is -2.29. The molecular formula is C14H13N5O. The maximum atomic E-state index is 12.4. The molecule has 0 spiro atoms. The van der Waals surface area contributed by atoms with Gasteiger partial charge < -0.3 is 4.90 Å². The van der Waals surface area contributed by atoms with Crippen molar-refractivity contribution < 1.29 is 4.79 Å². The molecule has 0 unspecified atom stereocenters. The fourth-order valence-electron chi connectivity index (χ4n) is 2.46. The largest absolute Gasteiger partial charge is 0.336 e. The quantitative estimate of drug-likeness (QED) is 0.820. The second-order valence-electron chi connectivity index (χ2n) is 4.77. The fraction of sp³-hybridized carbons (Fsp3) is 0.286. The molecule has 20 heavy (non-hydrogen) atoms. The summed E-state index contributed by atoms with van der Waals surface area (Å²) in [4.78, 5) is 14.2. The van der Waals surface area contributed by atoms with E-state index in [-0.39, 0.29) is 11.9 Å². The van der Waals surface area contributed by atoms with Crippen molar-refractivity contribution in [3.8, 4) is 6.07 Å². The molecule has 1 atom stereocenters. The highest BCUT2D eigenvalue weighted by Gasteiger charge is 2.28. The zero-order valence-electron chi connectivity index (χ0n) is 10.8. The van der Waals surface area contributed by atoms with Gasteiger partial charge in [0.1, 0.15) is 0 Å². The first-order chi connectivity index (χ1) is 9.78. The van der Waals surface area contributed by atoms with Crippen LogP contribution in [0.3, 0.4) is 0 Å². The number of carbonyl (C=O) groups excluding carboxylic acids is 1. The van der Waals surface area contributed by atoms with Crippen molar-refractivity contribution in [1.82, 2.24) is 19.9 Å². The molecule has 0 N–H and O–H groups in total. The van der Waals surface area contributed by atoms with E-state index in [1.807, 2.05) is 6.20 Å². The lowest BCUT2D eigenvalue weighted by atomic mass is 10.1. The van der Waals surface area contributed by atoms with E-state index in [9.17, 15) is 4.79 Å². The molecule has 1 amide bonds.